The van der Waals surface area contributed by atoms with Crippen molar-refractivity contribution in [2.75, 3.05) is 6.61 Å². The third-order valence-corrected chi connectivity index (χ3v) is 2.53. The Labute approximate surface area is 113 Å². The van der Waals surface area contributed by atoms with Crippen LogP contribution in [0.25, 0.3) is 0 Å². The van der Waals surface area contributed by atoms with E-state index in [4.69, 9.17) is 5.11 Å². The van der Waals surface area contributed by atoms with Gasteiger partial charge in [0.25, 0.3) is 0 Å². The molecule has 0 aromatic rings. The standard InChI is InChI=1S/C13H24O6/c1-2-3-11-17-19-18-13(16)10-8-6-4-5-7-9-12(14)15/h2-11H2,1H3,(H,14,15). The van der Waals surface area contributed by atoms with E-state index in [9.17, 15) is 9.59 Å². The SMILES string of the molecule is CCCCOOOC(=O)CCCCCCCC(=O)O. The van der Waals surface area contributed by atoms with E-state index < -0.39 is 11.9 Å². The summed E-state index contributed by atoms with van der Waals surface area (Å²) in [6, 6.07) is 0. The van der Waals surface area contributed by atoms with E-state index in [0.717, 1.165) is 32.1 Å². The molecule has 0 aliphatic rings. The van der Waals surface area contributed by atoms with E-state index in [1.165, 1.54) is 0 Å². The lowest BCUT2D eigenvalue weighted by molar-refractivity contribution is -0.486. The Balaban J connectivity index is 3.18. The van der Waals surface area contributed by atoms with E-state index in [1.54, 1.807) is 0 Å². The van der Waals surface area contributed by atoms with Gasteiger partial charge < -0.3 is 5.11 Å². The van der Waals surface area contributed by atoms with Crippen LogP contribution in [0, 0.1) is 0 Å². The summed E-state index contributed by atoms with van der Waals surface area (Å²) in [5.74, 6) is -1.20. The molecule has 0 aromatic heterocycles. The molecule has 6 heteroatoms. The molecule has 0 unspecified atom stereocenters. The number of carboxylic acid groups (broad SMARTS) is 1. The lowest BCUT2D eigenvalue weighted by Crippen LogP contribution is -2.06. The molecule has 0 fully saturated rings. The molecule has 0 bridgehead atoms. The molecule has 0 atom stereocenters. The molecular formula is C13H24O6. The topological polar surface area (TPSA) is 82.1 Å². The summed E-state index contributed by atoms with van der Waals surface area (Å²) in [5.41, 5.74) is 0. The van der Waals surface area contributed by atoms with Crippen LogP contribution in [-0.4, -0.2) is 23.7 Å². The highest BCUT2D eigenvalue weighted by Gasteiger charge is 2.04. The minimum absolute atomic E-state index is 0.213. The van der Waals surface area contributed by atoms with Crippen LogP contribution in [0.4, 0.5) is 0 Å². The Morgan fingerprint density at radius 2 is 1.58 bits per heavy atom. The molecule has 112 valence electrons. The second-order valence-electron chi connectivity index (χ2n) is 4.36. The van der Waals surface area contributed by atoms with Crippen LogP contribution in [0.1, 0.15) is 64.7 Å². The minimum Gasteiger partial charge on any atom is -0.481 e. The molecule has 0 saturated carbocycles. The normalized spacial score (nSPS) is 10.4. The summed E-state index contributed by atoms with van der Waals surface area (Å²) in [6.07, 6.45) is 6.42. The van der Waals surface area contributed by atoms with Gasteiger partial charge in [-0.25, -0.2) is 4.79 Å². The summed E-state index contributed by atoms with van der Waals surface area (Å²) in [4.78, 5) is 30.4. The molecule has 0 aromatic carbocycles. The number of unbranched alkanes of at least 4 members (excludes halogenated alkanes) is 5. The zero-order valence-corrected chi connectivity index (χ0v) is 11.6. The maximum atomic E-state index is 11.1. The van der Waals surface area contributed by atoms with E-state index in [1.807, 2.05) is 6.92 Å². The van der Waals surface area contributed by atoms with Gasteiger partial charge in [0, 0.05) is 12.8 Å². The van der Waals surface area contributed by atoms with Crippen molar-refractivity contribution in [1.82, 2.24) is 0 Å². The van der Waals surface area contributed by atoms with Crippen molar-refractivity contribution in [3.05, 3.63) is 0 Å². The van der Waals surface area contributed by atoms with Crippen LogP contribution in [-0.2, 0) is 24.4 Å². The van der Waals surface area contributed by atoms with E-state index in [0.29, 0.717) is 19.4 Å². The fraction of sp³-hybridized carbons (Fsp3) is 0.846. The first-order valence-electron chi connectivity index (χ1n) is 6.87. The second kappa shape index (κ2) is 13.3. The molecule has 0 radical (unpaired) electrons. The number of hydrogen-bond donors (Lipinski definition) is 1. The second-order valence-corrected chi connectivity index (χ2v) is 4.36. The highest BCUT2D eigenvalue weighted by atomic mass is 17.5. The maximum Gasteiger partial charge on any atom is 0.345 e. The van der Waals surface area contributed by atoms with E-state index in [2.05, 4.69) is 14.8 Å². The van der Waals surface area contributed by atoms with Crippen LogP contribution in [0.2, 0.25) is 0 Å². The Morgan fingerprint density at radius 3 is 2.21 bits per heavy atom. The Morgan fingerprint density at radius 1 is 0.947 bits per heavy atom. The Hall–Kier alpha value is -1.14. The van der Waals surface area contributed by atoms with Crippen molar-refractivity contribution in [1.29, 1.82) is 0 Å². The maximum absolute atomic E-state index is 11.1. The summed E-state index contributed by atoms with van der Waals surface area (Å²) in [6.45, 7) is 2.43. The lowest BCUT2D eigenvalue weighted by atomic mass is 10.1. The van der Waals surface area contributed by atoms with Gasteiger partial charge in [-0.1, -0.05) is 32.6 Å². The Kier molecular flexibility index (Phi) is 12.5. The highest BCUT2D eigenvalue weighted by Crippen LogP contribution is 2.08. The van der Waals surface area contributed by atoms with Crippen molar-refractivity contribution >= 4 is 11.9 Å². The number of hydrogen-bond acceptors (Lipinski definition) is 5. The molecule has 6 nitrogen and oxygen atoms in total. The highest BCUT2D eigenvalue weighted by molar-refractivity contribution is 5.68. The zero-order valence-electron chi connectivity index (χ0n) is 11.6. The predicted molar refractivity (Wildman–Crippen MR) is 68.0 cm³/mol. The van der Waals surface area contributed by atoms with Gasteiger partial charge in [0.2, 0.25) is 0 Å². The third kappa shape index (κ3) is 14.8. The predicted octanol–water partition coefficient (Wildman–Crippen LogP) is 3.01. The number of carboxylic acids is 1. The van der Waals surface area contributed by atoms with Gasteiger partial charge in [0.15, 0.2) is 0 Å². The van der Waals surface area contributed by atoms with Gasteiger partial charge >= 0.3 is 11.9 Å². The first-order valence-corrected chi connectivity index (χ1v) is 6.87. The van der Waals surface area contributed by atoms with Crippen molar-refractivity contribution in [2.24, 2.45) is 0 Å². The van der Waals surface area contributed by atoms with Crippen molar-refractivity contribution in [2.45, 2.75) is 64.7 Å². The summed E-state index contributed by atoms with van der Waals surface area (Å²) in [7, 11) is 0. The van der Waals surface area contributed by atoms with Crippen LogP contribution in [0.5, 0.6) is 0 Å². The van der Waals surface area contributed by atoms with Gasteiger partial charge in [-0.3, -0.25) is 9.68 Å². The molecule has 0 rings (SSSR count). The monoisotopic (exact) mass is 276 g/mol. The molecule has 0 heterocycles. The van der Waals surface area contributed by atoms with Gasteiger partial charge in [-0.15, -0.1) is 0 Å². The van der Waals surface area contributed by atoms with Crippen molar-refractivity contribution < 1.29 is 29.5 Å². The van der Waals surface area contributed by atoms with Crippen LogP contribution >= 0.6 is 0 Å². The first kappa shape index (κ1) is 17.9. The fourth-order valence-electron chi connectivity index (χ4n) is 1.42. The minimum atomic E-state index is -0.760. The van der Waals surface area contributed by atoms with Crippen molar-refractivity contribution in [3.63, 3.8) is 0 Å². The zero-order chi connectivity index (χ0) is 14.3. The summed E-state index contributed by atoms with van der Waals surface area (Å²) < 4.78 is 0. The smallest absolute Gasteiger partial charge is 0.345 e. The summed E-state index contributed by atoms with van der Waals surface area (Å²) in [5, 5.41) is 12.7. The van der Waals surface area contributed by atoms with Gasteiger partial charge in [0.05, 0.1) is 6.61 Å². The summed E-state index contributed by atoms with van der Waals surface area (Å²) >= 11 is 0. The number of carbonyl (C=O) groups is 2. The number of aliphatic carboxylic acids is 1. The average molecular weight is 276 g/mol. The van der Waals surface area contributed by atoms with Crippen LogP contribution in [0.15, 0.2) is 0 Å². The third-order valence-electron chi connectivity index (χ3n) is 2.53. The van der Waals surface area contributed by atoms with Crippen LogP contribution < -0.4 is 0 Å². The van der Waals surface area contributed by atoms with Gasteiger partial charge in [-0.05, 0) is 24.3 Å². The number of rotatable bonds is 13. The molecule has 19 heavy (non-hydrogen) atoms. The molecular weight excluding hydrogens is 252 g/mol. The lowest BCUT2D eigenvalue weighted by Gasteiger charge is -2.02. The van der Waals surface area contributed by atoms with Gasteiger partial charge in [0.1, 0.15) is 0 Å². The van der Waals surface area contributed by atoms with Crippen LogP contribution in [0.3, 0.4) is 0 Å². The van der Waals surface area contributed by atoms with E-state index >= 15 is 0 Å². The molecule has 0 aliphatic heterocycles. The van der Waals surface area contributed by atoms with Crippen molar-refractivity contribution in [3.8, 4) is 0 Å². The molecule has 0 saturated heterocycles. The molecule has 0 aliphatic carbocycles. The molecule has 0 spiro atoms. The average Bonchev–Trinajstić information content (AvgIpc) is 2.37. The Bertz CT molecular complexity index is 241. The fourth-order valence-corrected chi connectivity index (χ4v) is 1.42. The molecule has 1 N–H and O–H groups in total. The van der Waals surface area contributed by atoms with E-state index in [-0.39, 0.29) is 12.8 Å². The number of carbonyl (C=O) groups excluding carboxylic acids is 1. The largest absolute Gasteiger partial charge is 0.481 e. The quantitative estimate of drug-likeness (QED) is 0.316. The molecule has 0 amide bonds. The first-order chi connectivity index (χ1) is 9.16. The van der Waals surface area contributed by atoms with Gasteiger partial charge in [-0.2, -0.15) is 4.89 Å².